The molecule has 0 N–H and O–H groups in total. The molecular weight excluding hydrogens is 1300 g/mol. The van der Waals surface area contributed by atoms with Crippen LogP contribution in [0.1, 0.15) is 62.4 Å². The highest BCUT2D eigenvalue weighted by atomic mass is 16.8. The molecule has 5 unspecified atom stereocenters. The minimum absolute atomic E-state index is 0.0892. The van der Waals surface area contributed by atoms with E-state index in [1.807, 2.05) is 30.3 Å². The Kier molecular flexibility index (Phi) is 31.3. The van der Waals surface area contributed by atoms with Crippen LogP contribution in [0.25, 0.3) is 30.4 Å². The first-order valence-corrected chi connectivity index (χ1v) is 32.0. The number of nitrogens with zero attached hydrogens (tertiary/aromatic N) is 10. The summed E-state index contributed by atoms with van der Waals surface area (Å²) in [5, 5.41) is 48.7. The number of benzene rings is 5. The topological polar surface area (TPSA) is 322 Å². The average Bonchev–Trinajstić information content (AvgIpc) is 0.785. The molecule has 526 valence electrons. The number of hydrogen-bond donors (Lipinski definition) is 0. The largest absolute Gasteiger partial charge is 0.462 e. The number of rotatable bonds is 35. The van der Waals surface area contributed by atoms with Gasteiger partial charge in [-0.2, -0.15) is 26.3 Å². The second kappa shape index (κ2) is 40.3. The van der Waals surface area contributed by atoms with E-state index in [2.05, 4.69) is 0 Å². The fraction of sp³-hybridized carbons (Fsp3) is 0.333. The number of ether oxygens (including phenoxy) is 11. The maximum absolute atomic E-state index is 12.5. The average molecular weight is 1380 g/mol. The van der Waals surface area contributed by atoms with Gasteiger partial charge >= 0.3 is 29.8 Å². The summed E-state index contributed by atoms with van der Waals surface area (Å²) < 4.78 is 66.9. The number of carbonyl (C=O) groups is 5. The molecule has 0 radical (unpaired) electrons. The maximum atomic E-state index is 12.5. The SMILES string of the molecule is CCOC(=O)/C(C#N)=C\c1ccc(N(C)COC2OC(OCN(C)c3ccc(/C=C(\C#N)C(=O)OCC)cc3)C(OCN(C)c3ccc(/C=C(/C#N)C(=O)OCC)cc3)C(OCN(C)c3ccc(/C=C(/C#N)C(=O)OCC)cc3)C2OCN(C)c2ccc(/C=C(/C#N)C(=O)OCC)cc2)cc1. The van der Waals surface area contributed by atoms with Crippen molar-refractivity contribution in [2.24, 2.45) is 0 Å². The van der Waals surface area contributed by atoms with Gasteiger partial charge in [0.25, 0.3) is 0 Å². The van der Waals surface area contributed by atoms with E-state index in [4.69, 9.17) is 52.1 Å². The van der Waals surface area contributed by atoms with Crippen molar-refractivity contribution in [2.75, 3.05) is 126 Å². The third-order valence-electron chi connectivity index (χ3n) is 15.0. The zero-order valence-corrected chi connectivity index (χ0v) is 57.9. The number of esters is 5. The first-order valence-electron chi connectivity index (χ1n) is 32.0. The fourth-order valence-electron chi connectivity index (χ4n) is 9.61. The molecule has 1 heterocycles. The van der Waals surface area contributed by atoms with Crippen molar-refractivity contribution in [3.63, 3.8) is 0 Å². The molecule has 26 nitrogen and oxygen atoms in total. The molecule has 1 aliphatic rings. The zero-order valence-electron chi connectivity index (χ0n) is 57.9. The molecular formula is C75H80N10O16. The van der Waals surface area contributed by atoms with Crippen molar-refractivity contribution in [1.82, 2.24) is 0 Å². The van der Waals surface area contributed by atoms with E-state index in [0.29, 0.717) is 56.3 Å². The van der Waals surface area contributed by atoms with Crippen LogP contribution in [0.5, 0.6) is 0 Å². The summed E-state index contributed by atoms with van der Waals surface area (Å²) in [6, 6.07) is 44.5. The van der Waals surface area contributed by atoms with Crippen LogP contribution in [-0.4, -0.2) is 163 Å². The van der Waals surface area contributed by atoms with Crippen LogP contribution in [0.15, 0.2) is 149 Å². The lowest BCUT2D eigenvalue weighted by Crippen LogP contribution is -2.63. The molecule has 6 rings (SSSR count). The predicted octanol–water partition coefficient (Wildman–Crippen LogP) is 9.68. The van der Waals surface area contributed by atoms with E-state index in [1.165, 1.54) is 30.4 Å². The molecule has 5 atom stereocenters. The Hall–Kier alpha value is -11.6. The van der Waals surface area contributed by atoms with Crippen molar-refractivity contribution in [2.45, 2.75) is 65.5 Å². The molecule has 1 aliphatic heterocycles. The van der Waals surface area contributed by atoms with Crippen molar-refractivity contribution in [3.05, 3.63) is 177 Å². The van der Waals surface area contributed by atoms with Crippen LogP contribution in [0.2, 0.25) is 0 Å². The first kappa shape index (κ1) is 78.4. The highest BCUT2D eigenvalue weighted by molar-refractivity contribution is 6.00. The molecule has 0 saturated carbocycles. The van der Waals surface area contributed by atoms with Gasteiger partial charge in [-0.25, -0.2) is 24.0 Å². The van der Waals surface area contributed by atoms with Gasteiger partial charge in [0.1, 0.15) is 110 Å². The Morgan fingerprint density at radius 3 is 0.673 bits per heavy atom. The van der Waals surface area contributed by atoms with Gasteiger partial charge < -0.3 is 76.6 Å². The third-order valence-corrected chi connectivity index (χ3v) is 15.0. The monoisotopic (exact) mass is 1380 g/mol. The summed E-state index contributed by atoms with van der Waals surface area (Å²) in [5.41, 5.74) is 5.18. The van der Waals surface area contributed by atoms with Crippen LogP contribution in [0.4, 0.5) is 28.4 Å². The minimum atomic E-state index is -1.33. The molecule has 5 aromatic carbocycles. The Labute approximate surface area is 587 Å². The quantitative estimate of drug-likeness (QED) is 0.0120. The maximum Gasteiger partial charge on any atom is 0.348 e. The molecule has 5 aromatic rings. The summed E-state index contributed by atoms with van der Waals surface area (Å²) in [7, 11) is 8.91. The molecule has 0 spiro atoms. The van der Waals surface area contributed by atoms with Gasteiger partial charge in [-0.3, -0.25) is 0 Å². The predicted molar refractivity (Wildman–Crippen MR) is 375 cm³/mol. The van der Waals surface area contributed by atoms with E-state index in [9.17, 15) is 50.3 Å². The van der Waals surface area contributed by atoms with Crippen LogP contribution < -0.4 is 24.5 Å². The van der Waals surface area contributed by atoms with Crippen LogP contribution in [0, 0.1) is 56.7 Å². The number of anilines is 5. The molecule has 1 fully saturated rings. The van der Waals surface area contributed by atoms with Crippen molar-refractivity contribution < 1.29 is 76.1 Å². The lowest BCUT2D eigenvalue weighted by Gasteiger charge is -2.46. The van der Waals surface area contributed by atoms with E-state index >= 15 is 0 Å². The third kappa shape index (κ3) is 23.2. The van der Waals surface area contributed by atoms with Gasteiger partial charge in [0.2, 0.25) is 0 Å². The normalized spacial score (nSPS) is 16.1. The molecule has 1 saturated heterocycles. The van der Waals surface area contributed by atoms with Gasteiger partial charge in [-0.05, 0) is 153 Å². The lowest BCUT2D eigenvalue weighted by atomic mass is 10.0. The summed E-state index contributed by atoms with van der Waals surface area (Å²) in [6.07, 6.45) is 0.977. The Balaban J connectivity index is 1.45. The molecule has 26 heteroatoms. The highest BCUT2D eigenvalue weighted by Gasteiger charge is 2.50. The number of carbonyl (C=O) groups excluding carboxylic acids is 5. The summed E-state index contributed by atoms with van der Waals surface area (Å²) in [4.78, 5) is 71.5. The summed E-state index contributed by atoms with van der Waals surface area (Å²) in [5.74, 6) is -3.76. The first-order chi connectivity index (χ1) is 48.7. The second-order valence-electron chi connectivity index (χ2n) is 22.1. The lowest BCUT2D eigenvalue weighted by molar-refractivity contribution is -0.364. The van der Waals surface area contributed by atoms with E-state index in [1.54, 1.807) is 216 Å². The fourth-order valence-corrected chi connectivity index (χ4v) is 9.61. The van der Waals surface area contributed by atoms with Crippen LogP contribution in [0.3, 0.4) is 0 Å². The highest BCUT2D eigenvalue weighted by Crippen LogP contribution is 2.33. The van der Waals surface area contributed by atoms with Crippen molar-refractivity contribution in [1.29, 1.82) is 26.3 Å². The van der Waals surface area contributed by atoms with Gasteiger partial charge in [-0.1, -0.05) is 60.7 Å². The number of hydrogen-bond acceptors (Lipinski definition) is 26. The molecule has 0 bridgehead atoms. The van der Waals surface area contributed by atoms with Crippen molar-refractivity contribution in [3.8, 4) is 30.3 Å². The van der Waals surface area contributed by atoms with E-state index in [-0.39, 0.29) is 94.6 Å². The van der Waals surface area contributed by atoms with E-state index in [0.717, 1.165) is 0 Å². The molecule has 0 amide bonds. The van der Waals surface area contributed by atoms with Crippen LogP contribution in [-0.2, 0) is 76.1 Å². The van der Waals surface area contributed by atoms with Crippen LogP contribution >= 0.6 is 0 Å². The Bertz CT molecular complexity index is 3800. The zero-order chi connectivity index (χ0) is 73.4. The van der Waals surface area contributed by atoms with Gasteiger partial charge in [0, 0.05) is 63.7 Å². The van der Waals surface area contributed by atoms with Gasteiger partial charge in [0.05, 0.1) is 33.0 Å². The smallest absolute Gasteiger partial charge is 0.348 e. The van der Waals surface area contributed by atoms with Crippen molar-refractivity contribution >= 4 is 88.7 Å². The standard InChI is InChI=1S/C75H80N10O16/c1-11-91-69(86)56(41-76)36-51-16-26-61(27-17-51)81(6)46-96-66-67(97-47-82(7)62-28-18-52(19-29-62)37-57(42-77)70(87)92-12-2)74(99-49-84(9)64-32-22-54(23-33-64)39-59(44-79)72(89)94-14-4)101-75(100-50-85(10)65-34-24-55(25-35-65)40-60(45-80)73(90)95-15-5)68(66)98-48-83(8)63-30-20-53(21-31-63)38-58(43-78)71(88)93-13-3/h16-40,66-68,74-75H,11-15,46-50H2,1-10H3/b56-36-,57-37-,58-38-,59-39-,60-40+. The summed E-state index contributed by atoms with van der Waals surface area (Å²) in [6.45, 7) is 8.00. The Morgan fingerprint density at radius 2 is 0.495 bits per heavy atom. The van der Waals surface area contributed by atoms with E-state index < -0.39 is 60.7 Å². The Morgan fingerprint density at radius 1 is 0.317 bits per heavy atom. The van der Waals surface area contributed by atoms with Gasteiger partial charge in [-0.15, -0.1) is 0 Å². The van der Waals surface area contributed by atoms with Gasteiger partial charge in [0.15, 0.2) is 12.6 Å². The second-order valence-corrected chi connectivity index (χ2v) is 22.1. The molecule has 101 heavy (non-hydrogen) atoms. The number of nitriles is 5. The minimum Gasteiger partial charge on any atom is -0.462 e. The molecule has 0 aliphatic carbocycles. The summed E-state index contributed by atoms with van der Waals surface area (Å²) >= 11 is 0. The molecule has 0 aromatic heterocycles.